The summed E-state index contributed by atoms with van der Waals surface area (Å²) >= 11 is 2.99. The third kappa shape index (κ3) is 2.73. The molecule has 0 aliphatic carbocycles. The van der Waals surface area contributed by atoms with E-state index in [4.69, 9.17) is 4.42 Å². The zero-order chi connectivity index (χ0) is 13.1. The Bertz CT molecular complexity index is 590. The van der Waals surface area contributed by atoms with Crippen molar-refractivity contribution in [2.24, 2.45) is 0 Å². The average Bonchev–Trinajstić information content (AvgIpc) is 2.86. The Morgan fingerprint density at radius 1 is 1.22 bits per heavy atom. The smallest absolute Gasteiger partial charge is 0.205 e. The van der Waals surface area contributed by atoms with Gasteiger partial charge in [-0.05, 0) is 46.3 Å². The third-order valence-electron chi connectivity index (χ3n) is 2.36. The van der Waals surface area contributed by atoms with E-state index in [0.29, 0.717) is 0 Å². The van der Waals surface area contributed by atoms with Crippen molar-refractivity contribution in [2.75, 3.05) is 0 Å². The lowest BCUT2D eigenvalue weighted by molar-refractivity contribution is 0.0878. The zero-order valence-corrected chi connectivity index (χ0v) is 10.7. The van der Waals surface area contributed by atoms with Crippen LogP contribution in [-0.4, -0.2) is 11.6 Å². The van der Waals surface area contributed by atoms with E-state index in [-0.39, 0.29) is 28.0 Å². The molecule has 0 saturated carbocycles. The molecule has 0 radical (unpaired) electrons. The molecular formula is C13H8BrFO3. The van der Waals surface area contributed by atoms with Crippen molar-refractivity contribution in [1.29, 1.82) is 0 Å². The second-order valence-electron chi connectivity index (χ2n) is 3.63. The largest absolute Gasteiger partial charge is 0.461 e. The minimum Gasteiger partial charge on any atom is -0.461 e. The molecule has 0 amide bonds. The highest BCUT2D eigenvalue weighted by molar-refractivity contribution is 9.10. The minimum atomic E-state index is -0.455. The normalized spacial score (nSPS) is 10.3. The first-order valence-corrected chi connectivity index (χ1v) is 5.92. The predicted octanol–water partition coefficient (Wildman–Crippen LogP) is 3.64. The maximum absolute atomic E-state index is 13.0. The quantitative estimate of drug-likeness (QED) is 0.640. The van der Waals surface area contributed by atoms with Gasteiger partial charge in [-0.25, -0.2) is 4.39 Å². The molecule has 0 fully saturated rings. The van der Waals surface area contributed by atoms with Crippen LogP contribution in [-0.2, 0) is 0 Å². The van der Waals surface area contributed by atoms with Crippen LogP contribution in [0.25, 0.3) is 0 Å². The lowest BCUT2D eigenvalue weighted by atomic mass is 10.1. The van der Waals surface area contributed by atoms with E-state index in [1.54, 1.807) is 6.07 Å². The summed E-state index contributed by atoms with van der Waals surface area (Å²) in [4.78, 5) is 23.4. The van der Waals surface area contributed by atoms with E-state index in [9.17, 15) is 14.0 Å². The van der Waals surface area contributed by atoms with Crippen LogP contribution in [0.4, 0.5) is 4.39 Å². The number of Topliss-reactive ketones (excluding diaryl/α,β-unsaturated/α-hetero) is 2. The number of furan rings is 1. The van der Waals surface area contributed by atoms with Crippen molar-refractivity contribution in [3.05, 3.63) is 58.2 Å². The van der Waals surface area contributed by atoms with E-state index < -0.39 is 11.6 Å². The minimum absolute atomic E-state index is 0.143. The van der Waals surface area contributed by atoms with E-state index in [1.807, 2.05) is 0 Å². The van der Waals surface area contributed by atoms with Gasteiger partial charge >= 0.3 is 0 Å². The van der Waals surface area contributed by atoms with Crippen molar-refractivity contribution in [2.45, 2.75) is 6.42 Å². The van der Waals surface area contributed by atoms with Crippen molar-refractivity contribution < 1.29 is 18.4 Å². The molecule has 92 valence electrons. The molecule has 1 heterocycles. The van der Waals surface area contributed by atoms with E-state index in [0.717, 1.165) is 0 Å². The van der Waals surface area contributed by atoms with E-state index in [1.165, 1.54) is 30.5 Å². The Hall–Kier alpha value is -1.75. The topological polar surface area (TPSA) is 47.3 Å². The number of carbonyl (C=O) groups is 2. The van der Waals surface area contributed by atoms with Gasteiger partial charge in [0.1, 0.15) is 5.82 Å². The van der Waals surface area contributed by atoms with Crippen LogP contribution in [0, 0.1) is 5.82 Å². The first-order chi connectivity index (χ1) is 8.58. The number of hydrogen-bond donors (Lipinski definition) is 0. The zero-order valence-electron chi connectivity index (χ0n) is 9.15. The highest BCUT2D eigenvalue weighted by atomic mass is 79.9. The Kier molecular flexibility index (Phi) is 3.72. The summed E-state index contributed by atoms with van der Waals surface area (Å²) in [5.41, 5.74) is 0.281. The predicted molar refractivity (Wildman–Crippen MR) is 66.1 cm³/mol. The van der Waals surface area contributed by atoms with Gasteiger partial charge in [-0.3, -0.25) is 9.59 Å². The maximum atomic E-state index is 13.0. The van der Waals surface area contributed by atoms with Gasteiger partial charge in [-0.1, -0.05) is 0 Å². The fourth-order valence-electron chi connectivity index (χ4n) is 1.44. The summed E-state index contributed by atoms with van der Waals surface area (Å²) in [6, 6.07) is 6.95. The number of halogens is 2. The van der Waals surface area contributed by atoms with Gasteiger partial charge in [0.25, 0.3) is 0 Å². The van der Waals surface area contributed by atoms with Gasteiger partial charge in [0.05, 0.1) is 17.2 Å². The fourth-order valence-corrected chi connectivity index (χ4v) is 1.82. The summed E-state index contributed by atoms with van der Waals surface area (Å²) < 4.78 is 18.1. The average molecular weight is 311 g/mol. The molecule has 5 heteroatoms. The Labute approximate surface area is 111 Å². The molecule has 2 rings (SSSR count). The van der Waals surface area contributed by atoms with Crippen LogP contribution < -0.4 is 0 Å². The van der Waals surface area contributed by atoms with Gasteiger partial charge < -0.3 is 4.42 Å². The van der Waals surface area contributed by atoms with Crippen molar-refractivity contribution in [3.8, 4) is 0 Å². The van der Waals surface area contributed by atoms with Gasteiger partial charge in [-0.15, -0.1) is 0 Å². The summed E-state index contributed by atoms with van der Waals surface area (Å²) in [5.74, 6) is -1.09. The van der Waals surface area contributed by atoms with Crippen molar-refractivity contribution in [1.82, 2.24) is 0 Å². The van der Waals surface area contributed by atoms with Crippen LogP contribution in [0.15, 0.2) is 45.5 Å². The van der Waals surface area contributed by atoms with Crippen LogP contribution in [0.3, 0.4) is 0 Å². The monoisotopic (exact) mass is 310 g/mol. The number of rotatable bonds is 4. The van der Waals surface area contributed by atoms with E-state index >= 15 is 0 Å². The lowest BCUT2D eigenvalue weighted by Gasteiger charge is -2.01. The molecule has 18 heavy (non-hydrogen) atoms. The molecule has 0 aliphatic heterocycles. The van der Waals surface area contributed by atoms with Gasteiger partial charge in [-0.2, -0.15) is 0 Å². The Morgan fingerprint density at radius 3 is 2.61 bits per heavy atom. The number of hydrogen-bond acceptors (Lipinski definition) is 3. The molecule has 0 saturated heterocycles. The molecule has 1 aromatic heterocycles. The van der Waals surface area contributed by atoms with Gasteiger partial charge in [0, 0.05) is 5.56 Å². The number of benzene rings is 1. The summed E-state index contributed by atoms with van der Waals surface area (Å²) in [7, 11) is 0. The summed E-state index contributed by atoms with van der Waals surface area (Å²) in [6.45, 7) is 0. The number of ketones is 2. The molecule has 0 aliphatic rings. The molecular weight excluding hydrogens is 303 g/mol. The molecule has 3 nitrogen and oxygen atoms in total. The van der Waals surface area contributed by atoms with Crippen LogP contribution in [0.1, 0.15) is 27.3 Å². The molecule has 0 unspecified atom stereocenters. The number of carbonyl (C=O) groups excluding carboxylic acids is 2. The summed E-state index contributed by atoms with van der Waals surface area (Å²) in [6.07, 6.45) is 1.07. The van der Waals surface area contributed by atoms with E-state index in [2.05, 4.69) is 15.9 Å². The highest BCUT2D eigenvalue weighted by Gasteiger charge is 2.16. The molecule has 0 N–H and O–H groups in total. The molecule has 1 aromatic carbocycles. The molecule has 0 spiro atoms. The van der Waals surface area contributed by atoms with Crippen LogP contribution >= 0.6 is 15.9 Å². The standard InChI is InChI=1S/C13H8BrFO3/c14-9-6-8(3-4-10(9)15)11(16)7-12(17)13-2-1-5-18-13/h1-6H,7H2. The van der Waals surface area contributed by atoms with Crippen molar-refractivity contribution >= 4 is 27.5 Å². The first kappa shape index (κ1) is 12.7. The lowest BCUT2D eigenvalue weighted by Crippen LogP contribution is -2.08. The van der Waals surface area contributed by atoms with Crippen LogP contribution in [0.2, 0.25) is 0 Å². The molecule has 0 bridgehead atoms. The third-order valence-corrected chi connectivity index (χ3v) is 2.97. The molecule has 2 aromatic rings. The highest BCUT2D eigenvalue weighted by Crippen LogP contribution is 2.18. The SMILES string of the molecule is O=C(CC(=O)c1ccco1)c1ccc(F)c(Br)c1. The second-order valence-corrected chi connectivity index (χ2v) is 4.48. The second kappa shape index (κ2) is 5.27. The van der Waals surface area contributed by atoms with Gasteiger partial charge in [0.2, 0.25) is 5.78 Å². The first-order valence-electron chi connectivity index (χ1n) is 5.13. The van der Waals surface area contributed by atoms with Crippen molar-refractivity contribution in [3.63, 3.8) is 0 Å². The maximum Gasteiger partial charge on any atom is 0.205 e. The fraction of sp³-hybridized carbons (Fsp3) is 0.0769. The summed E-state index contributed by atoms with van der Waals surface area (Å²) in [5, 5.41) is 0. The Balaban J connectivity index is 2.12. The Morgan fingerprint density at radius 2 is 2.00 bits per heavy atom. The molecule has 0 atom stereocenters. The van der Waals surface area contributed by atoms with Gasteiger partial charge in [0.15, 0.2) is 11.5 Å². The van der Waals surface area contributed by atoms with Crippen LogP contribution in [0.5, 0.6) is 0 Å².